The molecule has 3 N–H and O–H groups in total. The lowest BCUT2D eigenvalue weighted by Gasteiger charge is -2.34. The van der Waals surface area contributed by atoms with Gasteiger partial charge in [0.05, 0.1) is 13.2 Å². The second kappa shape index (κ2) is 9.38. The Morgan fingerprint density at radius 3 is 2.40 bits per heavy atom. The van der Waals surface area contributed by atoms with Crippen LogP contribution in [-0.4, -0.2) is 67.8 Å². The summed E-state index contributed by atoms with van der Waals surface area (Å²) in [5.74, 6) is 0.0770. The minimum atomic E-state index is 0.0697. The summed E-state index contributed by atoms with van der Waals surface area (Å²) in [6.45, 7) is 3.57. The van der Waals surface area contributed by atoms with Gasteiger partial charge >= 0.3 is 6.03 Å². The standard InChI is InChI=1S/C18H32N4O3/c23-17(12-16-13-25-11-8-19-16)20-15-6-9-22(10-7-15)18(24)21-14-4-2-1-3-5-14/h14-16,19H,1-13H2,(H,20,23)(H,21,24). The topological polar surface area (TPSA) is 82.7 Å². The molecule has 2 heterocycles. The lowest BCUT2D eigenvalue weighted by molar-refractivity contribution is -0.123. The first-order valence-electron chi connectivity index (χ1n) is 9.86. The quantitative estimate of drug-likeness (QED) is 0.705. The molecule has 0 aromatic heterocycles. The van der Waals surface area contributed by atoms with E-state index >= 15 is 0 Å². The zero-order valence-corrected chi connectivity index (χ0v) is 15.1. The maximum Gasteiger partial charge on any atom is 0.317 e. The van der Waals surface area contributed by atoms with Crippen LogP contribution in [0.3, 0.4) is 0 Å². The van der Waals surface area contributed by atoms with E-state index < -0.39 is 0 Å². The van der Waals surface area contributed by atoms with Crippen LogP contribution in [0.25, 0.3) is 0 Å². The van der Waals surface area contributed by atoms with Crippen molar-refractivity contribution in [3.63, 3.8) is 0 Å². The molecule has 0 radical (unpaired) electrons. The van der Waals surface area contributed by atoms with Crippen molar-refractivity contribution in [1.82, 2.24) is 20.9 Å². The number of morpholine rings is 1. The molecule has 3 rings (SSSR count). The van der Waals surface area contributed by atoms with Crippen LogP contribution in [0.1, 0.15) is 51.4 Å². The summed E-state index contributed by atoms with van der Waals surface area (Å²) in [7, 11) is 0. The fraction of sp³-hybridized carbons (Fsp3) is 0.889. The van der Waals surface area contributed by atoms with Crippen LogP contribution < -0.4 is 16.0 Å². The highest BCUT2D eigenvalue weighted by Gasteiger charge is 2.26. The highest BCUT2D eigenvalue weighted by atomic mass is 16.5. The van der Waals surface area contributed by atoms with Gasteiger partial charge in [-0.15, -0.1) is 0 Å². The van der Waals surface area contributed by atoms with Gasteiger partial charge in [-0.3, -0.25) is 4.79 Å². The lowest BCUT2D eigenvalue weighted by atomic mass is 9.95. The van der Waals surface area contributed by atoms with Crippen molar-refractivity contribution in [3.05, 3.63) is 0 Å². The summed E-state index contributed by atoms with van der Waals surface area (Å²) >= 11 is 0. The van der Waals surface area contributed by atoms with Crippen LogP contribution in [0.4, 0.5) is 4.79 Å². The average Bonchev–Trinajstić information content (AvgIpc) is 2.64. The Kier molecular flexibility index (Phi) is 6.93. The van der Waals surface area contributed by atoms with Crippen molar-refractivity contribution in [2.75, 3.05) is 32.8 Å². The van der Waals surface area contributed by atoms with Gasteiger partial charge in [0.25, 0.3) is 0 Å². The molecule has 0 aromatic carbocycles. The van der Waals surface area contributed by atoms with Gasteiger partial charge in [0.2, 0.25) is 5.91 Å². The van der Waals surface area contributed by atoms with E-state index in [2.05, 4.69) is 16.0 Å². The molecule has 1 saturated carbocycles. The zero-order chi connectivity index (χ0) is 17.5. The third-order valence-electron chi connectivity index (χ3n) is 5.51. The number of hydrogen-bond donors (Lipinski definition) is 3. The molecule has 1 atom stereocenters. The molecule has 1 aliphatic carbocycles. The van der Waals surface area contributed by atoms with Crippen LogP contribution in [0.2, 0.25) is 0 Å². The molecule has 3 amide bonds. The maximum absolute atomic E-state index is 12.4. The van der Waals surface area contributed by atoms with E-state index in [1.54, 1.807) is 0 Å². The Morgan fingerprint density at radius 1 is 1.00 bits per heavy atom. The number of urea groups is 1. The Hall–Kier alpha value is -1.34. The van der Waals surface area contributed by atoms with E-state index in [1.807, 2.05) is 4.90 Å². The molecule has 2 saturated heterocycles. The summed E-state index contributed by atoms with van der Waals surface area (Å²) < 4.78 is 5.38. The fourth-order valence-corrected chi connectivity index (χ4v) is 4.00. The number of ether oxygens (including phenoxy) is 1. The van der Waals surface area contributed by atoms with E-state index in [-0.39, 0.29) is 24.0 Å². The molecule has 142 valence electrons. The van der Waals surface area contributed by atoms with Crippen LogP contribution in [0.5, 0.6) is 0 Å². The van der Waals surface area contributed by atoms with E-state index in [0.717, 1.165) is 38.8 Å². The number of carbonyl (C=O) groups is 2. The van der Waals surface area contributed by atoms with E-state index in [9.17, 15) is 9.59 Å². The fourth-order valence-electron chi connectivity index (χ4n) is 4.00. The second-order valence-corrected chi connectivity index (χ2v) is 7.54. The number of nitrogens with zero attached hydrogens (tertiary/aromatic N) is 1. The third-order valence-corrected chi connectivity index (χ3v) is 5.51. The van der Waals surface area contributed by atoms with Gasteiger partial charge in [-0.25, -0.2) is 4.79 Å². The largest absolute Gasteiger partial charge is 0.378 e. The van der Waals surface area contributed by atoms with Crippen molar-refractivity contribution >= 4 is 11.9 Å². The molecule has 0 spiro atoms. The number of amides is 3. The normalized spacial score (nSPS) is 26.2. The molecule has 7 heteroatoms. The molecule has 0 aromatic rings. The van der Waals surface area contributed by atoms with E-state index in [0.29, 0.717) is 32.2 Å². The maximum atomic E-state index is 12.4. The van der Waals surface area contributed by atoms with E-state index in [4.69, 9.17) is 4.74 Å². The summed E-state index contributed by atoms with van der Waals surface area (Å²) in [5, 5.41) is 9.59. The first-order valence-corrected chi connectivity index (χ1v) is 9.86. The minimum absolute atomic E-state index is 0.0697. The Balaban J connectivity index is 1.33. The van der Waals surface area contributed by atoms with Gasteiger partial charge < -0.3 is 25.6 Å². The van der Waals surface area contributed by atoms with Crippen LogP contribution >= 0.6 is 0 Å². The zero-order valence-electron chi connectivity index (χ0n) is 15.1. The summed E-state index contributed by atoms with van der Waals surface area (Å²) in [6.07, 6.45) is 8.08. The number of piperidine rings is 1. The lowest BCUT2D eigenvalue weighted by Crippen LogP contribution is -2.52. The molecular formula is C18H32N4O3. The number of rotatable bonds is 4. The van der Waals surface area contributed by atoms with Gasteiger partial charge in [0.1, 0.15) is 0 Å². The molecule has 25 heavy (non-hydrogen) atoms. The van der Waals surface area contributed by atoms with Gasteiger partial charge in [-0.05, 0) is 25.7 Å². The number of hydrogen-bond acceptors (Lipinski definition) is 4. The minimum Gasteiger partial charge on any atom is -0.378 e. The predicted molar refractivity (Wildman–Crippen MR) is 95.4 cm³/mol. The third kappa shape index (κ3) is 5.85. The molecule has 3 aliphatic rings. The number of carbonyl (C=O) groups excluding carboxylic acids is 2. The first kappa shape index (κ1) is 18.5. The smallest absolute Gasteiger partial charge is 0.317 e. The van der Waals surface area contributed by atoms with E-state index in [1.165, 1.54) is 19.3 Å². The highest BCUT2D eigenvalue weighted by Crippen LogP contribution is 2.18. The molecule has 1 unspecified atom stereocenters. The van der Waals surface area contributed by atoms with Gasteiger partial charge in [-0.1, -0.05) is 19.3 Å². The molecule has 2 aliphatic heterocycles. The Morgan fingerprint density at radius 2 is 1.72 bits per heavy atom. The summed E-state index contributed by atoms with van der Waals surface area (Å²) in [5.41, 5.74) is 0. The number of likely N-dealkylation sites (tertiary alicyclic amines) is 1. The predicted octanol–water partition coefficient (Wildman–Crippen LogP) is 0.988. The van der Waals surface area contributed by atoms with Crippen LogP contribution in [0.15, 0.2) is 0 Å². The average molecular weight is 352 g/mol. The number of nitrogens with one attached hydrogen (secondary N) is 3. The van der Waals surface area contributed by atoms with Crippen molar-refractivity contribution in [2.45, 2.75) is 69.5 Å². The molecular weight excluding hydrogens is 320 g/mol. The monoisotopic (exact) mass is 352 g/mol. The molecule has 7 nitrogen and oxygen atoms in total. The Bertz CT molecular complexity index is 440. The van der Waals surface area contributed by atoms with Crippen LogP contribution in [-0.2, 0) is 9.53 Å². The second-order valence-electron chi connectivity index (χ2n) is 7.54. The van der Waals surface area contributed by atoms with Crippen molar-refractivity contribution < 1.29 is 14.3 Å². The van der Waals surface area contributed by atoms with Crippen LogP contribution in [0, 0.1) is 0 Å². The van der Waals surface area contributed by atoms with Gasteiger partial charge in [0.15, 0.2) is 0 Å². The van der Waals surface area contributed by atoms with Crippen molar-refractivity contribution in [1.29, 1.82) is 0 Å². The SMILES string of the molecule is O=C(CC1COCCN1)NC1CCN(C(=O)NC2CCCCC2)CC1. The summed E-state index contributed by atoms with van der Waals surface area (Å²) in [6, 6.07) is 0.718. The Labute approximate surface area is 150 Å². The van der Waals surface area contributed by atoms with Crippen molar-refractivity contribution in [2.24, 2.45) is 0 Å². The highest BCUT2D eigenvalue weighted by molar-refractivity contribution is 5.77. The van der Waals surface area contributed by atoms with Gasteiger partial charge in [0, 0.05) is 44.2 Å². The molecule has 3 fully saturated rings. The van der Waals surface area contributed by atoms with Crippen molar-refractivity contribution in [3.8, 4) is 0 Å². The summed E-state index contributed by atoms with van der Waals surface area (Å²) in [4.78, 5) is 26.4. The first-order chi connectivity index (χ1) is 12.2. The van der Waals surface area contributed by atoms with Gasteiger partial charge in [-0.2, -0.15) is 0 Å². The molecule has 0 bridgehead atoms.